The Hall–Kier alpha value is -1.06. The molecule has 9 heteroatoms. The fraction of sp³-hybridized carbons (Fsp3) is 0.933. The van der Waals surface area contributed by atoms with Crippen LogP contribution in [0.5, 0.6) is 0 Å². The SMILES string of the molecule is CN=C(NCCCN(C)CC(F)(F)F)NCC1(CCO)CCOC1. The average Bonchev–Trinajstić information content (AvgIpc) is 2.94. The molecule has 0 radical (unpaired) electrons. The van der Waals surface area contributed by atoms with Crippen LogP contribution in [0.4, 0.5) is 13.2 Å². The number of hydrogen-bond acceptors (Lipinski definition) is 4. The summed E-state index contributed by atoms with van der Waals surface area (Å²) in [6, 6.07) is 0. The summed E-state index contributed by atoms with van der Waals surface area (Å²) in [5.41, 5.74) is -0.0840. The third-order valence-corrected chi connectivity index (χ3v) is 4.14. The van der Waals surface area contributed by atoms with Gasteiger partial charge in [-0.25, -0.2) is 0 Å². The highest BCUT2D eigenvalue weighted by molar-refractivity contribution is 5.79. The summed E-state index contributed by atoms with van der Waals surface area (Å²) in [6.45, 7) is 2.05. The van der Waals surface area contributed by atoms with Gasteiger partial charge in [0.2, 0.25) is 0 Å². The molecule has 0 saturated carbocycles. The minimum absolute atomic E-state index is 0.0840. The first kappa shape index (κ1) is 21.0. The van der Waals surface area contributed by atoms with Crippen molar-refractivity contribution in [2.45, 2.75) is 25.4 Å². The van der Waals surface area contributed by atoms with E-state index in [0.29, 0.717) is 51.6 Å². The second-order valence-corrected chi connectivity index (χ2v) is 6.34. The topological polar surface area (TPSA) is 69.1 Å². The Morgan fingerprint density at radius 2 is 2.12 bits per heavy atom. The summed E-state index contributed by atoms with van der Waals surface area (Å²) >= 11 is 0. The minimum Gasteiger partial charge on any atom is -0.396 e. The lowest BCUT2D eigenvalue weighted by Crippen LogP contribution is -2.45. The Morgan fingerprint density at radius 1 is 1.38 bits per heavy atom. The lowest BCUT2D eigenvalue weighted by Gasteiger charge is -2.27. The van der Waals surface area contributed by atoms with E-state index in [-0.39, 0.29) is 12.0 Å². The van der Waals surface area contributed by atoms with Gasteiger partial charge in [-0.3, -0.25) is 9.89 Å². The number of nitrogens with one attached hydrogen (secondary N) is 2. The van der Waals surface area contributed by atoms with Gasteiger partial charge in [-0.1, -0.05) is 0 Å². The molecule has 1 heterocycles. The summed E-state index contributed by atoms with van der Waals surface area (Å²) in [7, 11) is 3.11. The molecule has 0 aromatic heterocycles. The predicted molar refractivity (Wildman–Crippen MR) is 87.1 cm³/mol. The van der Waals surface area contributed by atoms with Crippen LogP contribution in [0.15, 0.2) is 4.99 Å². The molecular weight excluding hydrogens is 325 g/mol. The van der Waals surface area contributed by atoms with Crippen LogP contribution < -0.4 is 10.6 Å². The molecule has 1 unspecified atom stereocenters. The highest BCUT2D eigenvalue weighted by Gasteiger charge is 2.34. The van der Waals surface area contributed by atoms with Crippen molar-refractivity contribution in [1.29, 1.82) is 0 Å². The molecule has 0 amide bonds. The first-order valence-corrected chi connectivity index (χ1v) is 8.19. The summed E-state index contributed by atoms with van der Waals surface area (Å²) in [5, 5.41) is 15.5. The van der Waals surface area contributed by atoms with Crippen molar-refractivity contribution in [2.24, 2.45) is 10.4 Å². The molecule has 1 aliphatic heterocycles. The quantitative estimate of drug-likeness (QED) is 0.325. The number of rotatable bonds is 9. The fourth-order valence-electron chi connectivity index (χ4n) is 2.74. The van der Waals surface area contributed by atoms with E-state index in [9.17, 15) is 18.3 Å². The Labute approximate surface area is 141 Å². The third kappa shape index (κ3) is 8.16. The van der Waals surface area contributed by atoms with Gasteiger partial charge in [0.1, 0.15) is 0 Å². The van der Waals surface area contributed by atoms with Gasteiger partial charge in [0.25, 0.3) is 0 Å². The number of ether oxygens (including phenoxy) is 1. The summed E-state index contributed by atoms with van der Waals surface area (Å²) in [5.74, 6) is 0.609. The van der Waals surface area contributed by atoms with Crippen LogP contribution in [0.1, 0.15) is 19.3 Å². The highest BCUT2D eigenvalue weighted by Crippen LogP contribution is 2.31. The number of halogens is 3. The van der Waals surface area contributed by atoms with Gasteiger partial charge >= 0.3 is 6.18 Å². The number of aliphatic imine (C=N–C) groups is 1. The monoisotopic (exact) mass is 354 g/mol. The number of aliphatic hydroxyl groups excluding tert-OH is 1. The van der Waals surface area contributed by atoms with Gasteiger partial charge in [-0.15, -0.1) is 0 Å². The van der Waals surface area contributed by atoms with Gasteiger partial charge in [-0.05, 0) is 32.9 Å². The van der Waals surface area contributed by atoms with Crippen molar-refractivity contribution in [3.05, 3.63) is 0 Å². The number of aliphatic hydroxyl groups is 1. The van der Waals surface area contributed by atoms with Crippen LogP contribution in [-0.4, -0.2) is 82.2 Å². The first-order chi connectivity index (χ1) is 11.3. The molecule has 142 valence electrons. The molecule has 1 aliphatic rings. The molecule has 0 aromatic rings. The zero-order chi connectivity index (χ0) is 18.1. The molecular formula is C15H29F3N4O2. The highest BCUT2D eigenvalue weighted by atomic mass is 19.4. The van der Waals surface area contributed by atoms with E-state index >= 15 is 0 Å². The lowest BCUT2D eigenvalue weighted by atomic mass is 9.84. The second kappa shape index (κ2) is 10.0. The van der Waals surface area contributed by atoms with E-state index in [2.05, 4.69) is 15.6 Å². The fourth-order valence-corrected chi connectivity index (χ4v) is 2.74. The second-order valence-electron chi connectivity index (χ2n) is 6.34. The molecule has 24 heavy (non-hydrogen) atoms. The maximum atomic E-state index is 12.2. The van der Waals surface area contributed by atoms with E-state index in [0.717, 1.165) is 6.42 Å². The Kier molecular flexibility index (Phi) is 8.79. The number of nitrogens with zero attached hydrogens (tertiary/aromatic N) is 2. The Morgan fingerprint density at radius 3 is 2.67 bits per heavy atom. The van der Waals surface area contributed by atoms with Crippen LogP contribution in [0.25, 0.3) is 0 Å². The summed E-state index contributed by atoms with van der Waals surface area (Å²) in [4.78, 5) is 5.37. The van der Waals surface area contributed by atoms with Crippen LogP contribution in [0, 0.1) is 5.41 Å². The first-order valence-electron chi connectivity index (χ1n) is 8.19. The van der Waals surface area contributed by atoms with Crippen LogP contribution >= 0.6 is 0 Å². The predicted octanol–water partition coefficient (Wildman–Crippen LogP) is 0.825. The molecule has 1 atom stereocenters. The van der Waals surface area contributed by atoms with Crippen molar-refractivity contribution in [3.8, 4) is 0 Å². The van der Waals surface area contributed by atoms with Crippen LogP contribution in [0.2, 0.25) is 0 Å². The maximum Gasteiger partial charge on any atom is 0.401 e. The minimum atomic E-state index is -4.16. The summed E-state index contributed by atoms with van der Waals surface area (Å²) < 4.78 is 42.1. The zero-order valence-corrected chi connectivity index (χ0v) is 14.5. The molecule has 0 aliphatic carbocycles. The van der Waals surface area contributed by atoms with E-state index in [4.69, 9.17) is 4.74 Å². The number of guanidine groups is 1. The number of hydrogen-bond donors (Lipinski definition) is 3. The van der Waals surface area contributed by atoms with E-state index in [1.54, 1.807) is 7.05 Å². The summed E-state index contributed by atoms with van der Waals surface area (Å²) in [6.07, 6.45) is -2.03. The van der Waals surface area contributed by atoms with Crippen LogP contribution in [0.3, 0.4) is 0 Å². The smallest absolute Gasteiger partial charge is 0.396 e. The Bertz CT molecular complexity index is 385. The maximum absolute atomic E-state index is 12.2. The number of alkyl halides is 3. The van der Waals surface area contributed by atoms with Crippen LogP contribution in [-0.2, 0) is 4.74 Å². The van der Waals surface area contributed by atoms with E-state index in [1.807, 2.05) is 0 Å². The standard InChI is InChI=1S/C15H29F3N4O2/c1-19-13(20-6-3-7-22(2)11-15(16,17)18)21-10-14(4-8-23)5-9-24-12-14/h23H,3-12H2,1-2H3,(H2,19,20,21). The normalized spacial score (nSPS) is 22.2. The molecule has 0 aromatic carbocycles. The van der Waals surface area contributed by atoms with Crippen molar-refractivity contribution < 1.29 is 23.0 Å². The Balaban J connectivity index is 2.25. The van der Waals surface area contributed by atoms with Gasteiger partial charge < -0.3 is 20.5 Å². The van der Waals surface area contributed by atoms with E-state index < -0.39 is 12.7 Å². The van der Waals surface area contributed by atoms with Gasteiger partial charge in [-0.2, -0.15) is 13.2 Å². The molecule has 0 bridgehead atoms. The van der Waals surface area contributed by atoms with E-state index in [1.165, 1.54) is 11.9 Å². The van der Waals surface area contributed by atoms with Crippen molar-refractivity contribution >= 4 is 5.96 Å². The van der Waals surface area contributed by atoms with Gasteiger partial charge in [0.15, 0.2) is 5.96 Å². The van der Waals surface area contributed by atoms with Crippen molar-refractivity contribution in [3.63, 3.8) is 0 Å². The van der Waals surface area contributed by atoms with Crippen molar-refractivity contribution in [1.82, 2.24) is 15.5 Å². The molecule has 1 fully saturated rings. The molecule has 1 rings (SSSR count). The molecule has 6 nitrogen and oxygen atoms in total. The molecule has 3 N–H and O–H groups in total. The molecule has 0 spiro atoms. The zero-order valence-electron chi connectivity index (χ0n) is 14.5. The molecule has 1 saturated heterocycles. The average molecular weight is 354 g/mol. The van der Waals surface area contributed by atoms with Gasteiger partial charge in [0, 0.05) is 38.8 Å². The van der Waals surface area contributed by atoms with Crippen molar-refractivity contribution in [2.75, 3.05) is 60.1 Å². The lowest BCUT2D eigenvalue weighted by molar-refractivity contribution is -0.143. The van der Waals surface area contributed by atoms with Gasteiger partial charge in [0.05, 0.1) is 13.2 Å². The third-order valence-electron chi connectivity index (χ3n) is 4.14. The largest absolute Gasteiger partial charge is 0.401 e.